The van der Waals surface area contributed by atoms with Gasteiger partial charge in [-0.05, 0) is 31.5 Å². The number of esters is 1. The second-order valence-corrected chi connectivity index (χ2v) is 4.58. The molecule has 0 bridgehead atoms. The highest BCUT2D eigenvalue weighted by atomic mass is 16.5. The summed E-state index contributed by atoms with van der Waals surface area (Å²) in [5.74, 6) is 0.257. The van der Waals surface area contributed by atoms with Crippen LogP contribution in [-0.2, 0) is 16.1 Å². The molecule has 0 saturated carbocycles. The van der Waals surface area contributed by atoms with Crippen molar-refractivity contribution in [1.29, 1.82) is 0 Å². The van der Waals surface area contributed by atoms with Crippen molar-refractivity contribution >= 4 is 5.97 Å². The van der Waals surface area contributed by atoms with E-state index in [1.165, 1.54) is 0 Å². The number of ether oxygens (including phenoxy) is 2. The molecule has 3 nitrogen and oxygen atoms in total. The Morgan fingerprint density at radius 1 is 1.12 bits per heavy atom. The number of hydrogen-bond donors (Lipinski definition) is 0. The van der Waals surface area contributed by atoms with E-state index >= 15 is 0 Å². The van der Waals surface area contributed by atoms with Crippen molar-refractivity contribution in [3.63, 3.8) is 0 Å². The Hall–Kier alpha value is -1.35. The minimum absolute atomic E-state index is 0.112. The zero-order valence-corrected chi connectivity index (χ0v) is 10.9. The van der Waals surface area contributed by atoms with E-state index in [-0.39, 0.29) is 18.0 Å². The summed E-state index contributed by atoms with van der Waals surface area (Å²) in [5, 5.41) is 0. The van der Waals surface area contributed by atoms with Crippen LogP contribution in [0.15, 0.2) is 24.3 Å². The van der Waals surface area contributed by atoms with Crippen molar-refractivity contribution < 1.29 is 14.3 Å². The fourth-order valence-electron chi connectivity index (χ4n) is 1.15. The van der Waals surface area contributed by atoms with Gasteiger partial charge in [-0.3, -0.25) is 4.79 Å². The van der Waals surface area contributed by atoms with Gasteiger partial charge in [0.15, 0.2) is 0 Å². The molecule has 0 saturated heterocycles. The SMILES string of the molecule is CC(C)OCc1ccc(OC(=O)C(C)C)cc1. The maximum atomic E-state index is 11.4. The lowest BCUT2D eigenvalue weighted by Crippen LogP contribution is -2.14. The zero-order valence-electron chi connectivity index (χ0n) is 10.9. The third kappa shape index (κ3) is 5.00. The summed E-state index contributed by atoms with van der Waals surface area (Å²) in [4.78, 5) is 11.4. The molecule has 0 unspecified atom stereocenters. The van der Waals surface area contributed by atoms with E-state index in [2.05, 4.69) is 0 Å². The Morgan fingerprint density at radius 3 is 2.18 bits per heavy atom. The van der Waals surface area contributed by atoms with E-state index in [4.69, 9.17) is 9.47 Å². The molecule has 17 heavy (non-hydrogen) atoms. The monoisotopic (exact) mass is 236 g/mol. The number of hydrogen-bond acceptors (Lipinski definition) is 3. The van der Waals surface area contributed by atoms with E-state index in [1.807, 2.05) is 39.8 Å². The zero-order chi connectivity index (χ0) is 12.8. The standard InChI is InChI=1S/C14H20O3/c1-10(2)14(15)17-13-7-5-12(6-8-13)9-16-11(3)4/h5-8,10-11H,9H2,1-4H3. The van der Waals surface area contributed by atoms with Crippen LogP contribution in [0.3, 0.4) is 0 Å². The highest BCUT2D eigenvalue weighted by molar-refractivity contribution is 5.74. The molecular weight excluding hydrogens is 216 g/mol. The number of rotatable bonds is 5. The first kappa shape index (κ1) is 13.7. The van der Waals surface area contributed by atoms with Crippen molar-refractivity contribution in [1.82, 2.24) is 0 Å². The molecule has 1 rings (SSSR count). The van der Waals surface area contributed by atoms with Gasteiger partial charge in [0.1, 0.15) is 5.75 Å². The summed E-state index contributed by atoms with van der Waals surface area (Å²) >= 11 is 0. The van der Waals surface area contributed by atoms with Crippen LogP contribution in [0.4, 0.5) is 0 Å². The Bertz CT molecular complexity index is 352. The molecule has 1 aromatic carbocycles. The largest absolute Gasteiger partial charge is 0.426 e. The molecule has 0 aliphatic heterocycles. The summed E-state index contributed by atoms with van der Waals surface area (Å²) in [7, 11) is 0. The van der Waals surface area contributed by atoms with Gasteiger partial charge in [-0.25, -0.2) is 0 Å². The molecule has 3 heteroatoms. The van der Waals surface area contributed by atoms with Gasteiger partial charge in [0, 0.05) is 0 Å². The third-order valence-corrected chi connectivity index (χ3v) is 2.20. The summed E-state index contributed by atoms with van der Waals surface area (Å²) in [6, 6.07) is 7.40. The molecule has 0 N–H and O–H groups in total. The smallest absolute Gasteiger partial charge is 0.313 e. The van der Waals surface area contributed by atoms with Crippen molar-refractivity contribution in [2.24, 2.45) is 5.92 Å². The average Bonchev–Trinajstić information content (AvgIpc) is 2.28. The van der Waals surface area contributed by atoms with Gasteiger partial charge >= 0.3 is 5.97 Å². The van der Waals surface area contributed by atoms with Crippen LogP contribution in [-0.4, -0.2) is 12.1 Å². The second-order valence-electron chi connectivity index (χ2n) is 4.58. The van der Waals surface area contributed by atoms with Gasteiger partial charge in [-0.2, -0.15) is 0 Å². The highest BCUT2D eigenvalue weighted by Gasteiger charge is 2.09. The molecule has 1 aromatic rings. The normalized spacial score (nSPS) is 10.9. The van der Waals surface area contributed by atoms with Gasteiger partial charge in [0.25, 0.3) is 0 Å². The topological polar surface area (TPSA) is 35.5 Å². The van der Waals surface area contributed by atoms with Gasteiger partial charge in [0.2, 0.25) is 0 Å². The van der Waals surface area contributed by atoms with Crippen LogP contribution in [0, 0.1) is 5.92 Å². The molecule has 0 spiro atoms. The first-order chi connectivity index (χ1) is 7.99. The Balaban J connectivity index is 2.53. The quantitative estimate of drug-likeness (QED) is 0.582. The summed E-state index contributed by atoms with van der Waals surface area (Å²) in [6.45, 7) is 8.20. The summed E-state index contributed by atoms with van der Waals surface area (Å²) < 4.78 is 10.7. The fourth-order valence-corrected chi connectivity index (χ4v) is 1.15. The Morgan fingerprint density at radius 2 is 1.71 bits per heavy atom. The van der Waals surface area contributed by atoms with Gasteiger partial charge in [0.05, 0.1) is 18.6 Å². The molecule has 0 fully saturated rings. The number of benzene rings is 1. The lowest BCUT2D eigenvalue weighted by atomic mass is 10.2. The van der Waals surface area contributed by atoms with Crippen LogP contribution >= 0.6 is 0 Å². The Labute approximate surface area is 103 Å². The van der Waals surface area contributed by atoms with Crippen molar-refractivity contribution in [3.05, 3.63) is 29.8 Å². The first-order valence-electron chi connectivity index (χ1n) is 5.91. The van der Waals surface area contributed by atoms with Crippen LogP contribution in [0.5, 0.6) is 5.75 Å². The maximum Gasteiger partial charge on any atom is 0.313 e. The highest BCUT2D eigenvalue weighted by Crippen LogP contribution is 2.14. The van der Waals surface area contributed by atoms with E-state index in [0.29, 0.717) is 12.4 Å². The third-order valence-electron chi connectivity index (χ3n) is 2.20. The number of carbonyl (C=O) groups is 1. The molecule has 0 atom stereocenters. The lowest BCUT2D eigenvalue weighted by Gasteiger charge is -2.09. The van der Waals surface area contributed by atoms with E-state index in [9.17, 15) is 4.79 Å². The number of carbonyl (C=O) groups excluding carboxylic acids is 1. The first-order valence-corrected chi connectivity index (χ1v) is 5.91. The minimum Gasteiger partial charge on any atom is -0.426 e. The van der Waals surface area contributed by atoms with Crippen LogP contribution in [0.1, 0.15) is 33.3 Å². The molecule has 0 heterocycles. The van der Waals surface area contributed by atoms with Crippen molar-refractivity contribution in [3.8, 4) is 5.75 Å². The molecule has 94 valence electrons. The molecule has 0 aromatic heterocycles. The van der Waals surface area contributed by atoms with Gasteiger partial charge in [-0.15, -0.1) is 0 Å². The molecule has 0 amide bonds. The second kappa shape index (κ2) is 6.40. The van der Waals surface area contributed by atoms with E-state index in [0.717, 1.165) is 5.56 Å². The van der Waals surface area contributed by atoms with Gasteiger partial charge < -0.3 is 9.47 Å². The summed E-state index contributed by atoms with van der Waals surface area (Å²) in [5.41, 5.74) is 1.07. The summed E-state index contributed by atoms with van der Waals surface area (Å²) in [6.07, 6.45) is 0.216. The molecule has 0 radical (unpaired) electrons. The van der Waals surface area contributed by atoms with Crippen molar-refractivity contribution in [2.45, 2.75) is 40.4 Å². The molecule has 0 aliphatic carbocycles. The molecule has 0 aliphatic rings. The lowest BCUT2D eigenvalue weighted by molar-refractivity contribution is -0.137. The average molecular weight is 236 g/mol. The fraction of sp³-hybridized carbons (Fsp3) is 0.500. The van der Waals surface area contributed by atoms with Crippen LogP contribution in [0.2, 0.25) is 0 Å². The predicted octanol–water partition coefficient (Wildman–Crippen LogP) is 3.17. The van der Waals surface area contributed by atoms with Crippen LogP contribution < -0.4 is 4.74 Å². The van der Waals surface area contributed by atoms with Crippen molar-refractivity contribution in [2.75, 3.05) is 0 Å². The minimum atomic E-state index is -0.212. The van der Waals surface area contributed by atoms with E-state index < -0.39 is 0 Å². The maximum absolute atomic E-state index is 11.4. The van der Waals surface area contributed by atoms with Gasteiger partial charge in [-0.1, -0.05) is 26.0 Å². The Kier molecular flexibility index (Phi) is 5.16. The van der Waals surface area contributed by atoms with E-state index in [1.54, 1.807) is 12.1 Å². The van der Waals surface area contributed by atoms with Crippen LogP contribution in [0.25, 0.3) is 0 Å². The molecular formula is C14H20O3. The predicted molar refractivity (Wildman–Crippen MR) is 66.8 cm³/mol.